The topological polar surface area (TPSA) is 85.2 Å². The number of morpholine rings is 1. The fourth-order valence-electron chi connectivity index (χ4n) is 3.45. The largest absolute Gasteiger partial charge is 0.378 e. The van der Waals surface area contributed by atoms with Gasteiger partial charge in [0.1, 0.15) is 11.5 Å². The SMILES string of the molecule is Cc1cc(C(=O)Nc2nn(C)c3cccc(N4CCOCC4)c23)nc(C)n1. The first-order chi connectivity index (χ1) is 13.0. The molecule has 3 aromatic rings. The number of benzene rings is 1. The molecule has 1 aliphatic rings. The summed E-state index contributed by atoms with van der Waals surface area (Å²) < 4.78 is 7.25. The number of nitrogens with one attached hydrogen (secondary N) is 1. The number of rotatable bonds is 3. The Kier molecular flexibility index (Phi) is 4.49. The molecule has 0 unspecified atom stereocenters. The van der Waals surface area contributed by atoms with Gasteiger partial charge >= 0.3 is 0 Å². The number of aryl methyl sites for hydroxylation is 3. The molecular formula is C19H22N6O2. The smallest absolute Gasteiger partial charge is 0.275 e. The number of hydrogen-bond donors (Lipinski definition) is 1. The Labute approximate surface area is 157 Å². The molecule has 1 aliphatic heterocycles. The van der Waals surface area contributed by atoms with Crippen LogP contribution in [0.3, 0.4) is 0 Å². The molecular weight excluding hydrogens is 344 g/mol. The van der Waals surface area contributed by atoms with Crippen molar-refractivity contribution in [3.63, 3.8) is 0 Å². The summed E-state index contributed by atoms with van der Waals surface area (Å²) in [4.78, 5) is 23.5. The van der Waals surface area contributed by atoms with Crippen LogP contribution in [0.5, 0.6) is 0 Å². The number of aromatic nitrogens is 4. The van der Waals surface area contributed by atoms with Crippen LogP contribution in [0.25, 0.3) is 10.9 Å². The Balaban J connectivity index is 1.74. The van der Waals surface area contributed by atoms with E-state index in [-0.39, 0.29) is 5.91 Å². The van der Waals surface area contributed by atoms with Gasteiger partial charge in [-0.3, -0.25) is 9.48 Å². The fraction of sp³-hybridized carbons (Fsp3) is 0.368. The molecule has 1 N–H and O–H groups in total. The first-order valence-corrected chi connectivity index (χ1v) is 8.95. The number of carbonyl (C=O) groups excluding carboxylic acids is 1. The molecule has 8 nitrogen and oxygen atoms in total. The van der Waals surface area contributed by atoms with Crippen LogP contribution in [0.4, 0.5) is 11.5 Å². The van der Waals surface area contributed by atoms with Crippen LogP contribution in [0.15, 0.2) is 24.3 Å². The van der Waals surface area contributed by atoms with Gasteiger partial charge in [-0.25, -0.2) is 9.97 Å². The van der Waals surface area contributed by atoms with E-state index in [1.54, 1.807) is 17.7 Å². The van der Waals surface area contributed by atoms with Crippen LogP contribution < -0.4 is 10.2 Å². The average molecular weight is 366 g/mol. The Morgan fingerprint density at radius 1 is 1.19 bits per heavy atom. The van der Waals surface area contributed by atoms with Crippen LogP contribution >= 0.6 is 0 Å². The zero-order valence-corrected chi connectivity index (χ0v) is 15.7. The van der Waals surface area contributed by atoms with E-state index in [2.05, 4.69) is 31.3 Å². The quantitative estimate of drug-likeness (QED) is 0.764. The van der Waals surface area contributed by atoms with Crippen LogP contribution in [0.2, 0.25) is 0 Å². The molecule has 0 saturated carbocycles. The van der Waals surface area contributed by atoms with E-state index in [9.17, 15) is 4.79 Å². The van der Waals surface area contributed by atoms with Gasteiger partial charge in [-0.15, -0.1) is 0 Å². The van der Waals surface area contributed by atoms with E-state index in [0.717, 1.165) is 35.4 Å². The third-order valence-corrected chi connectivity index (χ3v) is 4.64. The second-order valence-corrected chi connectivity index (χ2v) is 6.64. The highest BCUT2D eigenvalue weighted by Crippen LogP contribution is 2.33. The van der Waals surface area contributed by atoms with Gasteiger partial charge in [-0.05, 0) is 32.0 Å². The normalized spacial score (nSPS) is 14.6. The van der Waals surface area contributed by atoms with Gasteiger partial charge in [-0.1, -0.05) is 6.07 Å². The molecule has 0 atom stereocenters. The first-order valence-electron chi connectivity index (χ1n) is 8.95. The highest BCUT2D eigenvalue weighted by Gasteiger charge is 2.21. The van der Waals surface area contributed by atoms with Crippen LogP contribution in [-0.2, 0) is 11.8 Å². The van der Waals surface area contributed by atoms with Crippen LogP contribution in [-0.4, -0.2) is 52.0 Å². The van der Waals surface area contributed by atoms with Gasteiger partial charge in [0, 0.05) is 25.8 Å². The van der Waals surface area contributed by atoms with Crippen molar-refractivity contribution in [2.45, 2.75) is 13.8 Å². The highest BCUT2D eigenvalue weighted by molar-refractivity contribution is 6.10. The van der Waals surface area contributed by atoms with E-state index in [0.29, 0.717) is 30.5 Å². The molecule has 0 bridgehead atoms. The molecule has 4 rings (SSSR count). The van der Waals surface area contributed by atoms with Crippen molar-refractivity contribution in [3.8, 4) is 0 Å². The van der Waals surface area contributed by atoms with Crippen molar-refractivity contribution >= 4 is 28.3 Å². The molecule has 2 aromatic heterocycles. The molecule has 1 fully saturated rings. The molecule has 8 heteroatoms. The Morgan fingerprint density at radius 3 is 2.70 bits per heavy atom. The minimum Gasteiger partial charge on any atom is -0.378 e. The summed E-state index contributed by atoms with van der Waals surface area (Å²) in [5.74, 6) is 0.814. The summed E-state index contributed by atoms with van der Waals surface area (Å²) >= 11 is 0. The van der Waals surface area contributed by atoms with Crippen molar-refractivity contribution in [2.24, 2.45) is 7.05 Å². The van der Waals surface area contributed by atoms with Gasteiger partial charge in [0.15, 0.2) is 5.82 Å². The maximum Gasteiger partial charge on any atom is 0.275 e. The highest BCUT2D eigenvalue weighted by atomic mass is 16.5. The third-order valence-electron chi connectivity index (χ3n) is 4.64. The minimum atomic E-state index is -0.291. The van der Waals surface area contributed by atoms with Gasteiger partial charge in [0.2, 0.25) is 0 Å². The monoisotopic (exact) mass is 366 g/mol. The predicted molar refractivity (Wildman–Crippen MR) is 103 cm³/mol. The minimum absolute atomic E-state index is 0.291. The lowest BCUT2D eigenvalue weighted by Gasteiger charge is -2.29. The van der Waals surface area contributed by atoms with Crippen LogP contribution in [0.1, 0.15) is 22.0 Å². The molecule has 1 aromatic carbocycles. The molecule has 27 heavy (non-hydrogen) atoms. The summed E-state index contributed by atoms with van der Waals surface area (Å²) in [6.45, 7) is 6.63. The maximum atomic E-state index is 12.8. The summed E-state index contributed by atoms with van der Waals surface area (Å²) in [5, 5.41) is 8.40. The molecule has 1 amide bonds. The number of carbonyl (C=O) groups is 1. The van der Waals surface area contributed by atoms with E-state index in [1.165, 1.54) is 0 Å². The summed E-state index contributed by atoms with van der Waals surface area (Å²) in [7, 11) is 1.88. The number of amides is 1. The average Bonchev–Trinajstić information content (AvgIpc) is 2.97. The van der Waals surface area contributed by atoms with Gasteiger partial charge in [0.25, 0.3) is 5.91 Å². The van der Waals surface area contributed by atoms with Gasteiger partial charge < -0.3 is 15.0 Å². The number of hydrogen-bond acceptors (Lipinski definition) is 6. The van der Waals surface area contributed by atoms with Crippen molar-refractivity contribution in [2.75, 3.05) is 36.5 Å². The number of fused-ring (bicyclic) bond motifs is 1. The van der Waals surface area contributed by atoms with Crippen molar-refractivity contribution < 1.29 is 9.53 Å². The molecule has 140 valence electrons. The van der Waals surface area contributed by atoms with Gasteiger partial charge in [0.05, 0.1) is 29.8 Å². The fourth-order valence-corrected chi connectivity index (χ4v) is 3.45. The van der Waals surface area contributed by atoms with Crippen molar-refractivity contribution in [3.05, 3.63) is 41.5 Å². The number of anilines is 2. The van der Waals surface area contributed by atoms with E-state index >= 15 is 0 Å². The summed E-state index contributed by atoms with van der Waals surface area (Å²) in [5.41, 5.74) is 3.11. The maximum absolute atomic E-state index is 12.8. The molecule has 1 saturated heterocycles. The molecule has 0 aliphatic carbocycles. The summed E-state index contributed by atoms with van der Waals surface area (Å²) in [6, 6.07) is 7.75. The molecule has 0 radical (unpaired) electrons. The standard InChI is InChI=1S/C19H22N6O2/c1-12-11-14(21-13(2)20-12)19(26)22-18-17-15(24(3)23-18)5-4-6-16(17)25-7-9-27-10-8-25/h4-6,11H,7-10H2,1-3H3,(H,22,23,26). The second kappa shape index (κ2) is 6.96. The molecule has 0 spiro atoms. The Morgan fingerprint density at radius 2 is 1.96 bits per heavy atom. The lowest BCUT2D eigenvalue weighted by molar-refractivity contribution is 0.102. The van der Waals surface area contributed by atoms with Crippen molar-refractivity contribution in [1.82, 2.24) is 19.7 Å². The van der Waals surface area contributed by atoms with E-state index < -0.39 is 0 Å². The lowest BCUT2D eigenvalue weighted by atomic mass is 10.1. The Bertz CT molecular complexity index is 987. The van der Waals surface area contributed by atoms with Gasteiger partial charge in [-0.2, -0.15) is 5.10 Å². The Hall–Kier alpha value is -3.00. The zero-order chi connectivity index (χ0) is 19.0. The number of nitrogens with zero attached hydrogens (tertiary/aromatic N) is 5. The zero-order valence-electron chi connectivity index (χ0n) is 15.7. The van der Waals surface area contributed by atoms with E-state index in [1.807, 2.05) is 26.1 Å². The van der Waals surface area contributed by atoms with Crippen molar-refractivity contribution in [1.29, 1.82) is 0 Å². The number of ether oxygens (including phenoxy) is 1. The second-order valence-electron chi connectivity index (χ2n) is 6.64. The first kappa shape index (κ1) is 17.4. The molecule has 3 heterocycles. The van der Waals surface area contributed by atoms with Crippen LogP contribution in [0, 0.1) is 13.8 Å². The third kappa shape index (κ3) is 3.35. The summed E-state index contributed by atoms with van der Waals surface area (Å²) in [6.07, 6.45) is 0. The predicted octanol–water partition coefficient (Wildman–Crippen LogP) is 2.07. The lowest BCUT2D eigenvalue weighted by Crippen LogP contribution is -2.36. The van der Waals surface area contributed by atoms with E-state index in [4.69, 9.17) is 4.74 Å².